The molecule has 1 atom stereocenters. The summed E-state index contributed by atoms with van der Waals surface area (Å²) < 4.78 is 45.4. The quantitative estimate of drug-likeness (QED) is 0.769. The molecule has 2 heterocycles. The zero-order chi connectivity index (χ0) is 19.0. The van der Waals surface area contributed by atoms with Crippen LogP contribution in [0.5, 0.6) is 11.5 Å². The highest BCUT2D eigenvalue weighted by atomic mass is 32.2. The van der Waals surface area contributed by atoms with Crippen molar-refractivity contribution in [3.05, 3.63) is 71.3 Å². The molecule has 0 bridgehead atoms. The van der Waals surface area contributed by atoms with Gasteiger partial charge in [0.25, 0.3) is 0 Å². The van der Waals surface area contributed by atoms with Crippen LogP contribution in [0.25, 0.3) is 0 Å². The molecule has 0 radical (unpaired) electrons. The molecule has 4 rings (SSSR count). The number of ketones is 1. The van der Waals surface area contributed by atoms with Gasteiger partial charge in [0.05, 0.1) is 0 Å². The minimum atomic E-state index is -4.08. The van der Waals surface area contributed by atoms with E-state index >= 15 is 0 Å². The summed E-state index contributed by atoms with van der Waals surface area (Å²) in [7, 11) is -4.08. The summed E-state index contributed by atoms with van der Waals surface area (Å²) in [4.78, 5) is 12.6. The molecular formula is C18H15NO7S. The maximum Gasteiger partial charge on any atom is 0.313 e. The minimum absolute atomic E-state index is 0.0880. The van der Waals surface area contributed by atoms with Crippen molar-refractivity contribution in [1.82, 2.24) is 0 Å². The van der Waals surface area contributed by atoms with Gasteiger partial charge in [0, 0.05) is 5.56 Å². The van der Waals surface area contributed by atoms with Gasteiger partial charge >= 0.3 is 10.1 Å². The van der Waals surface area contributed by atoms with Gasteiger partial charge < -0.3 is 24.1 Å². The number of carbonyl (C=O) groups excluding carboxylic acids is 1. The average molecular weight is 389 g/mol. The van der Waals surface area contributed by atoms with Crippen molar-refractivity contribution in [2.75, 3.05) is 6.79 Å². The summed E-state index contributed by atoms with van der Waals surface area (Å²) in [6.45, 7) is 0.0880. The topological polar surface area (TPSA) is 114 Å². The van der Waals surface area contributed by atoms with Gasteiger partial charge in [-0.1, -0.05) is 36.4 Å². The van der Waals surface area contributed by atoms with Crippen molar-refractivity contribution in [1.29, 1.82) is 0 Å². The highest BCUT2D eigenvalue weighted by molar-refractivity contribution is 7.86. The van der Waals surface area contributed by atoms with E-state index in [4.69, 9.17) is 24.1 Å². The Balaban J connectivity index is 1.52. The van der Waals surface area contributed by atoms with E-state index in [1.807, 2.05) is 0 Å². The summed E-state index contributed by atoms with van der Waals surface area (Å²) in [5.41, 5.74) is 6.68. The lowest BCUT2D eigenvalue weighted by atomic mass is 10.1. The van der Waals surface area contributed by atoms with E-state index in [9.17, 15) is 13.2 Å². The minimum Gasteiger partial charge on any atom is -0.460 e. The van der Waals surface area contributed by atoms with Gasteiger partial charge in [-0.25, -0.2) is 0 Å². The Labute approximate surface area is 155 Å². The van der Waals surface area contributed by atoms with Crippen molar-refractivity contribution in [3.8, 4) is 11.5 Å². The molecule has 1 unspecified atom stereocenters. The molecule has 0 saturated heterocycles. The number of rotatable bonds is 5. The van der Waals surface area contributed by atoms with Crippen molar-refractivity contribution in [2.24, 2.45) is 5.73 Å². The second-order valence-electron chi connectivity index (χ2n) is 5.94. The van der Waals surface area contributed by atoms with Crippen LogP contribution in [0.1, 0.15) is 17.2 Å². The summed E-state index contributed by atoms with van der Waals surface area (Å²) in [6.07, 6.45) is -1.11. The SMILES string of the molecule is NC1=C(OS(=O)(=O)Cc2ccccc2)C(=O)C(c2ccc3c(c2)OCO3)O1. The van der Waals surface area contributed by atoms with Crippen LogP contribution in [-0.4, -0.2) is 21.0 Å². The highest BCUT2D eigenvalue weighted by Crippen LogP contribution is 2.38. The molecule has 0 aliphatic carbocycles. The van der Waals surface area contributed by atoms with Gasteiger partial charge in [-0.15, -0.1) is 0 Å². The third kappa shape index (κ3) is 3.41. The van der Waals surface area contributed by atoms with Gasteiger partial charge in [0.2, 0.25) is 24.2 Å². The molecule has 2 aliphatic rings. The number of carbonyl (C=O) groups is 1. The summed E-state index contributed by atoms with van der Waals surface area (Å²) in [6, 6.07) is 13.3. The van der Waals surface area contributed by atoms with E-state index in [0.29, 0.717) is 22.6 Å². The third-order valence-corrected chi connectivity index (χ3v) is 5.13. The monoisotopic (exact) mass is 389 g/mol. The Morgan fingerprint density at radius 3 is 2.59 bits per heavy atom. The zero-order valence-corrected chi connectivity index (χ0v) is 14.8. The molecule has 2 N–H and O–H groups in total. The lowest BCUT2D eigenvalue weighted by molar-refractivity contribution is -0.123. The Morgan fingerprint density at radius 1 is 1.07 bits per heavy atom. The summed E-state index contributed by atoms with van der Waals surface area (Å²) >= 11 is 0. The molecule has 27 heavy (non-hydrogen) atoms. The van der Waals surface area contributed by atoms with Gasteiger partial charge in [0.15, 0.2) is 17.6 Å². The maximum atomic E-state index is 12.6. The van der Waals surface area contributed by atoms with Gasteiger partial charge in [-0.2, -0.15) is 8.42 Å². The number of Topliss-reactive ketones (excluding diaryl/α,β-unsaturated/α-hetero) is 1. The molecule has 8 nitrogen and oxygen atoms in total. The molecule has 0 aromatic heterocycles. The fourth-order valence-corrected chi connectivity index (χ4v) is 3.86. The molecule has 2 aliphatic heterocycles. The van der Waals surface area contributed by atoms with Gasteiger partial charge in [0.1, 0.15) is 5.75 Å². The lowest BCUT2D eigenvalue weighted by Gasteiger charge is -2.10. The molecule has 2 aromatic carbocycles. The first-order valence-electron chi connectivity index (χ1n) is 7.99. The van der Waals surface area contributed by atoms with E-state index in [2.05, 4.69) is 0 Å². The number of ether oxygens (including phenoxy) is 3. The van der Waals surface area contributed by atoms with Crippen LogP contribution < -0.4 is 15.2 Å². The Bertz CT molecular complexity index is 1030. The average Bonchev–Trinajstić information content (AvgIpc) is 3.21. The first-order valence-corrected chi connectivity index (χ1v) is 9.57. The first kappa shape index (κ1) is 17.2. The first-order chi connectivity index (χ1) is 12.9. The fraction of sp³-hybridized carbons (Fsp3) is 0.167. The Kier molecular flexibility index (Phi) is 4.15. The molecule has 0 amide bonds. The van der Waals surface area contributed by atoms with Crippen molar-refractivity contribution in [2.45, 2.75) is 11.9 Å². The smallest absolute Gasteiger partial charge is 0.313 e. The van der Waals surface area contributed by atoms with Crippen LogP contribution in [0.15, 0.2) is 60.2 Å². The van der Waals surface area contributed by atoms with Crippen LogP contribution in [0.4, 0.5) is 0 Å². The molecule has 140 valence electrons. The van der Waals surface area contributed by atoms with E-state index in [1.54, 1.807) is 48.5 Å². The van der Waals surface area contributed by atoms with Crippen molar-refractivity contribution >= 4 is 15.9 Å². The normalized spacial score (nSPS) is 18.5. The van der Waals surface area contributed by atoms with Gasteiger partial charge in [-0.05, 0) is 17.7 Å². The fourth-order valence-electron chi connectivity index (χ4n) is 2.79. The van der Waals surface area contributed by atoms with Crippen LogP contribution in [-0.2, 0) is 29.6 Å². The third-order valence-electron chi connectivity index (χ3n) is 4.03. The standard InChI is InChI=1S/C18H15NO7S/c19-18-17(26-27(21,22)9-11-4-2-1-3-5-11)15(20)16(25-18)12-6-7-13-14(8-12)24-10-23-13/h1-8,16H,9-10,19H2. The predicted molar refractivity (Wildman–Crippen MR) is 92.8 cm³/mol. The number of hydrogen-bond donors (Lipinski definition) is 1. The predicted octanol–water partition coefficient (Wildman–Crippen LogP) is 1.73. The lowest BCUT2D eigenvalue weighted by Crippen LogP contribution is -2.16. The van der Waals surface area contributed by atoms with Crippen molar-refractivity contribution in [3.63, 3.8) is 0 Å². The van der Waals surface area contributed by atoms with Crippen LogP contribution in [0, 0.1) is 0 Å². The number of fused-ring (bicyclic) bond motifs is 1. The number of nitrogens with two attached hydrogens (primary N) is 1. The van der Waals surface area contributed by atoms with E-state index in [1.165, 1.54) is 0 Å². The molecule has 0 saturated carbocycles. The second kappa shape index (κ2) is 6.51. The zero-order valence-electron chi connectivity index (χ0n) is 14.0. The Hall–Kier alpha value is -3.20. The van der Waals surface area contributed by atoms with Crippen LogP contribution >= 0.6 is 0 Å². The molecule has 0 fully saturated rings. The molecular weight excluding hydrogens is 374 g/mol. The van der Waals surface area contributed by atoms with E-state index in [0.717, 1.165) is 0 Å². The molecule has 9 heteroatoms. The number of hydrogen-bond acceptors (Lipinski definition) is 8. The van der Waals surface area contributed by atoms with Gasteiger partial charge in [-0.3, -0.25) is 4.79 Å². The van der Waals surface area contributed by atoms with E-state index < -0.39 is 33.5 Å². The maximum absolute atomic E-state index is 12.6. The van der Waals surface area contributed by atoms with E-state index in [-0.39, 0.29) is 12.7 Å². The largest absolute Gasteiger partial charge is 0.460 e. The highest BCUT2D eigenvalue weighted by Gasteiger charge is 2.40. The van der Waals surface area contributed by atoms with Crippen LogP contribution in [0.3, 0.4) is 0 Å². The molecule has 2 aromatic rings. The summed E-state index contributed by atoms with van der Waals surface area (Å²) in [5, 5.41) is 0. The van der Waals surface area contributed by atoms with Crippen molar-refractivity contribution < 1.29 is 31.6 Å². The number of benzene rings is 2. The summed E-state index contributed by atoms with van der Waals surface area (Å²) in [5.74, 6) is -0.955. The second-order valence-corrected chi connectivity index (χ2v) is 7.51. The van der Waals surface area contributed by atoms with Crippen LogP contribution in [0.2, 0.25) is 0 Å². The Morgan fingerprint density at radius 2 is 1.81 bits per heavy atom. The molecule has 0 spiro atoms.